The number of aromatic amines is 1. The molecular formula is C29H22Cl2N4O4. The third kappa shape index (κ3) is 7.13. The van der Waals surface area contributed by atoms with Gasteiger partial charge in [-0.2, -0.15) is 5.10 Å². The highest BCUT2D eigenvalue weighted by atomic mass is 35.5. The fourth-order valence-electron chi connectivity index (χ4n) is 3.78. The molecule has 2 aromatic carbocycles. The number of nitrogens with zero attached hydrogens (tertiary/aromatic N) is 3. The minimum Gasteiger partial charge on any atom is -0.465 e. The van der Waals surface area contributed by atoms with E-state index in [1.54, 1.807) is 42.7 Å². The lowest BCUT2D eigenvalue weighted by atomic mass is 10.0. The van der Waals surface area contributed by atoms with Crippen molar-refractivity contribution in [3.63, 3.8) is 0 Å². The van der Waals surface area contributed by atoms with E-state index in [0.717, 1.165) is 22.2 Å². The van der Waals surface area contributed by atoms with Gasteiger partial charge in [-0.05, 0) is 47.5 Å². The molecule has 3 heterocycles. The van der Waals surface area contributed by atoms with Crippen molar-refractivity contribution in [2.45, 2.75) is 12.8 Å². The van der Waals surface area contributed by atoms with Crippen molar-refractivity contribution in [2.75, 3.05) is 7.11 Å². The Bertz CT molecular complexity index is 1670. The first-order valence-corrected chi connectivity index (χ1v) is 12.5. The summed E-state index contributed by atoms with van der Waals surface area (Å²) < 4.78 is 4.66. The number of hydrogen-bond donors (Lipinski definition) is 1. The Labute approximate surface area is 233 Å². The molecule has 0 amide bonds. The number of aromatic nitrogens is 4. The Balaban J connectivity index is 0.000000181. The van der Waals surface area contributed by atoms with E-state index in [0.29, 0.717) is 21.9 Å². The van der Waals surface area contributed by atoms with Crippen LogP contribution in [0.25, 0.3) is 10.8 Å². The number of nitrogens with one attached hydrogen (secondary N) is 1. The molecule has 0 fully saturated rings. The smallest absolute Gasteiger partial charge is 0.338 e. The zero-order valence-corrected chi connectivity index (χ0v) is 22.2. The van der Waals surface area contributed by atoms with Crippen molar-refractivity contribution < 1.29 is 14.3 Å². The average molecular weight is 561 g/mol. The van der Waals surface area contributed by atoms with Crippen molar-refractivity contribution in [1.29, 1.82) is 0 Å². The predicted molar refractivity (Wildman–Crippen MR) is 149 cm³/mol. The number of hydrogen-bond acceptors (Lipinski definition) is 7. The summed E-state index contributed by atoms with van der Waals surface area (Å²) in [7, 11) is 1.27. The summed E-state index contributed by atoms with van der Waals surface area (Å²) in [6.45, 7) is 0. The standard InChI is InChI=1S/C15H12ClNO3.C14H10ClN3O/c1-20-15(19)12-6-7-17-9-13(12)14(18)8-10-2-4-11(16)5-3-10;15-10-3-1-9(2-4-10)7-13-12-8-16-6-5-11(12)14(19)18-17-13/h2-7,9H,8H2,1H3;1-6,8H,7H2,(H,18,19). The maximum absolute atomic E-state index is 12.3. The number of pyridine rings is 2. The van der Waals surface area contributed by atoms with Gasteiger partial charge < -0.3 is 4.74 Å². The summed E-state index contributed by atoms with van der Waals surface area (Å²) in [5.41, 5.74) is 2.98. The fraction of sp³-hybridized carbons (Fsp3) is 0.103. The molecule has 196 valence electrons. The molecule has 0 spiro atoms. The van der Waals surface area contributed by atoms with Crippen LogP contribution in [0, 0.1) is 0 Å². The van der Waals surface area contributed by atoms with Gasteiger partial charge in [0.15, 0.2) is 5.78 Å². The lowest BCUT2D eigenvalue weighted by molar-refractivity contribution is 0.0596. The number of halogens is 2. The highest BCUT2D eigenvalue weighted by molar-refractivity contribution is 6.30. The number of methoxy groups -OCH3 is 1. The lowest BCUT2D eigenvalue weighted by Gasteiger charge is -2.06. The molecule has 10 heteroatoms. The maximum atomic E-state index is 12.3. The van der Waals surface area contributed by atoms with Crippen LogP contribution in [0.3, 0.4) is 0 Å². The van der Waals surface area contributed by atoms with Gasteiger partial charge in [0.1, 0.15) is 0 Å². The van der Waals surface area contributed by atoms with Crippen molar-refractivity contribution in [3.05, 3.63) is 134 Å². The van der Waals surface area contributed by atoms with E-state index in [9.17, 15) is 14.4 Å². The zero-order chi connectivity index (χ0) is 27.8. The van der Waals surface area contributed by atoms with E-state index in [1.165, 1.54) is 25.6 Å². The lowest BCUT2D eigenvalue weighted by Crippen LogP contribution is -2.12. The number of rotatable bonds is 6. The quantitative estimate of drug-likeness (QED) is 0.215. The summed E-state index contributed by atoms with van der Waals surface area (Å²) in [6.07, 6.45) is 6.89. The van der Waals surface area contributed by atoms with Crippen LogP contribution in [0.2, 0.25) is 10.0 Å². The Kier molecular flexibility index (Phi) is 9.14. The van der Waals surface area contributed by atoms with Crippen LogP contribution in [0.1, 0.15) is 37.5 Å². The SMILES string of the molecule is COC(=O)c1ccncc1C(=O)Cc1ccc(Cl)cc1.O=c1[nH]nc(Cc2ccc(Cl)cc2)c2cnccc12. The van der Waals surface area contributed by atoms with Crippen LogP contribution >= 0.6 is 23.2 Å². The van der Waals surface area contributed by atoms with Gasteiger partial charge >= 0.3 is 5.97 Å². The molecule has 8 nitrogen and oxygen atoms in total. The molecule has 0 aliphatic carbocycles. The highest BCUT2D eigenvalue weighted by Gasteiger charge is 2.17. The van der Waals surface area contributed by atoms with Gasteiger partial charge in [0, 0.05) is 53.1 Å². The average Bonchev–Trinajstić information content (AvgIpc) is 2.97. The first kappa shape index (κ1) is 27.6. The number of carbonyl (C=O) groups is 2. The van der Waals surface area contributed by atoms with Crippen molar-refractivity contribution >= 4 is 45.7 Å². The minimum atomic E-state index is -0.549. The maximum Gasteiger partial charge on any atom is 0.338 e. The second kappa shape index (κ2) is 12.9. The largest absolute Gasteiger partial charge is 0.465 e. The predicted octanol–water partition coefficient (Wildman–Crippen LogP) is 5.51. The summed E-state index contributed by atoms with van der Waals surface area (Å²) in [6, 6.07) is 17.7. The molecule has 0 saturated heterocycles. The molecule has 5 aromatic rings. The number of ketones is 1. The van der Waals surface area contributed by atoms with E-state index < -0.39 is 5.97 Å². The van der Waals surface area contributed by atoms with Crippen LogP contribution in [-0.4, -0.2) is 39.0 Å². The van der Waals surface area contributed by atoms with E-state index in [1.807, 2.05) is 24.3 Å². The molecule has 1 N–H and O–H groups in total. The van der Waals surface area contributed by atoms with Crippen molar-refractivity contribution in [3.8, 4) is 0 Å². The Morgan fingerprint density at radius 2 is 1.41 bits per heavy atom. The molecule has 0 saturated carbocycles. The Hall–Kier alpha value is -4.40. The summed E-state index contributed by atoms with van der Waals surface area (Å²) in [4.78, 5) is 43.5. The van der Waals surface area contributed by atoms with E-state index in [-0.39, 0.29) is 28.9 Å². The third-order valence-corrected chi connectivity index (χ3v) is 6.26. The first-order valence-electron chi connectivity index (χ1n) is 11.7. The molecular weight excluding hydrogens is 539 g/mol. The Morgan fingerprint density at radius 1 is 0.795 bits per heavy atom. The van der Waals surface area contributed by atoms with Crippen LogP contribution in [0.15, 0.2) is 90.2 Å². The van der Waals surface area contributed by atoms with Gasteiger partial charge in [0.25, 0.3) is 5.56 Å². The van der Waals surface area contributed by atoms with Gasteiger partial charge in [-0.1, -0.05) is 47.5 Å². The normalized spacial score (nSPS) is 10.4. The minimum absolute atomic E-state index is 0.173. The van der Waals surface area contributed by atoms with Crippen LogP contribution in [0.5, 0.6) is 0 Å². The summed E-state index contributed by atoms with van der Waals surface area (Å²) >= 11 is 11.7. The fourth-order valence-corrected chi connectivity index (χ4v) is 4.03. The molecule has 3 aromatic heterocycles. The summed E-state index contributed by atoms with van der Waals surface area (Å²) in [5.74, 6) is -0.743. The number of esters is 1. The van der Waals surface area contributed by atoms with Crippen LogP contribution in [0.4, 0.5) is 0 Å². The van der Waals surface area contributed by atoms with Crippen molar-refractivity contribution in [2.24, 2.45) is 0 Å². The number of ether oxygens (including phenoxy) is 1. The van der Waals surface area contributed by atoms with Gasteiger partial charge in [-0.3, -0.25) is 19.6 Å². The van der Waals surface area contributed by atoms with Crippen LogP contribution in [-0.2, 0) is 17.6 Å². The molecule has 0 atom stereocenters. The molecule has 0 unspecified atom stereocenters. The van der Waals surface area contributed by atoms with Gasteiger partial charge in [0.2, 0.25) is 0 Å². The van der Waals surface area contributed by atoms with E-state index in [2.05, 4.69) is 24.9 Å². The highest BCUT2D eigenvalue weighted by Crippen LogP contribution is 2.17. The molecule has 0 radical (unpaired) electrons. The first-order chi connectivity index (χ1) is 18.9. The number of fused-ring (bicyclic) bond motifs is 1. The zero-order valence-electron chi connectivity index (χ0n) is 20.7. The van der Waals surface area contributed by atoms with E-state index >= 15 is 0 Å². The van der Waals surface area contributed by atoms with Crippen molar-refractivity contribution in [1.82, 2.24) is 20.2 Å². The number of carbonyl (C=O) groups excluding carboxylic acids is 2. The second-order valence-corrected chi connectivity index (χ2v) is 9.24. The molecule has 0 aliphatic rings. The molecule has 0 bridgehead atoms. The summed E-state index contributed by atoms with van der Waals surface area (Å²) in [5, 5.41) is 9.32. The topological polar surface area (TPSA) is 115 Å². The molecule has 0 aliphatic heterocycles. The van der Waals surface area contributed by atoms with Gasteiger partial charge in [-0.25, -0.2) is 9.89 Å². The third-order valence-electron chi connectivity index (χ3n) is 5.76. The number of Topliss-reactive ketones (excluding diaryl/α,β-unsaturated/α-hetero) is 1. The Morgan fingerprint density at radius 3 is 2.08 bits per heavy atom. The van der Waals surface area contributed by atoms with Gasteiger partial charge in [0.05, 0.1) is 29.3 Å². The second-order valence-electron chi connectivity index (χ2n) is 8.36. The number of benzene rings is 2. The van der Waals surface area contributed by atoms with Gasteiger partial charge in [-0.15, -0.1) is 0 Å². The monoisotopic (exact) mass is 560 g/mol. The molecule has 5 rings (SSSR count). The molecule has 39 heavy (non-hydrogen) atoms. The number of H-pyrrole nitrogens is 1. The van der Waals surface area contributed by atoms with Crippen LogP contribution < -0.4 is 5.56 Å². The van der Waals surface area contributed by atoms with E-state index in [4.69, 9.17) is 23.2 Å².